The van der Waals surface area contributed by atoms with Gasteiger partial charge < -0.3 is 10.1 Å². The molecule has 2 aromatic carbocycles. The van der Waals surface area contributed by atoms with Crippen LogP contribution in [0.3, 0.4) is 0 Å². The fraction of sp³-hybridized carbons (Fsp3) is 0.176. The predicted octanol–water partition coefficient (Wildman–Crippen LogP) is 2.62. The maximum atomic E-state index is 12.2. The third-order valence-electron chi connectivity index (χ3n) is 3.79. The van der Waals surface area contributed by atoms with Crippen molar-refractivity contribution in [1.82, 2.24) is 20.2 Å². The van der Waals surface area contributed by atoms with E-state index in [1.165, 1.54) is 34.6 Å². The van der Waals surface area contributed by atoms with Gasteiger partial charge in [-0.3, -0.25) is 14.9 Å². The molecule has 0 spiro atoms. The van der Waals surface area contributed by atoms with Crippen molar-refractivity contribution in [3.05, 3.63) is 58.1 Å². The maximum Gasteiger partial charge on any atom is 0.269 e. The highest BCUT2D eigenvalue weighted by atomic mass is 32.2. The van der Waals surface area contributed by atoms with E-state index in [1.807, 2.05) is 0 Å². The van der Waals surface area contributed by atoms with Crippen molar-refractivity contribution in [2.45, 2.75) is 12.1 Å². The first-order chi connectivity index (χ1) is 13.5. The second-order valence-electron chi connectivity index (χ2n) is 5.66. The molecule has 0 aliphatic carbocycles. The summed E-state index contributed by atoms with van der Waals surface area (Å²) in [5, 5.41) is 25.5. The number of non-ortho nitro benzene ring substituents is 1. The molecule has 144 valence electrons. The number of hydrogen-bond acceptors (Lipinski definition) is 8. The zero-order chi connectivity index (χ0) is 20.1. The predicted molar refractivity (Wildman–Crippen MR) is 103 cm³/mol. The Bertz CT molecular complexity index is 1010. The smallest absolute Gasteiger partial charge is 0.269 e. The van der Waals surface area contributed by atoms with Crippen LogP contribution < -0.4 is 10.1 Å². The van der Waals surface area contributed by atoms with E-state index < -0.39 is 4.92 Å². The van der Waals surface area contributed by atoms with Gasteiger partial charge in [0.1, 0.15) is 5.75 Å². The normalized spacial score (nSPS) is 10.5. The Hall–Kier alpha value is -3.47. The van der Waals surface area contributed by atoms with Crippen LogP contribution >= 0.6 is 11.8 Å². The quantitative estimate of drug-likeness (QED) is 0.364. The molecular weight excluding hydrogens is 384 g/mol. The molecule has 1 amide bonds. The number of ether oxygens (including phenoxy) is 1. The molecule has 1 N–H and O–H groups in total. The Labute approximate surface area is 164 Å². The number of amides is 1. The molecule has 0 radical (unpaired) electrons. The van der Waals surface area contributed by atoms with Crippen LogP contribution in [0.4, 0.5) is 11.4 Å². The van der Waals surface area contributed by atoms with Crippen LogP contribution in [0.5, 0.6) is 5.75 Å². The lowest BCUT2D eigenvalue weighted by Gasteiger charge is -2.08. The second-order valence-corrected chi connectivity index (χ2v) is 6.61. The highest BCUT2D eigenvalue weighted by Gasteiger charge is 2.14. The molecule has 11 heteroatoms. The number of rotatable bonds is 7. The van der Waals surface area contributed by atoms with Gasteiger partial charge in [-0.1, -0.05) is 11.8 Å². The Balaban J connectivity index is 1.64. The van der Waals surface area contributed by atoms with Gasteiger partial charge >= 0.3 is 0 Å². The maximum absolute atomic E-state index is 12.2. The van der Waals surface area contributed by atoms with E-state index in [4.69, 9.17) is 4.74 Å². The molecular formula is C17H16N6O4S. The van der Waals surface area contributed by atoms with E-state index in [2.05, 4.69) is 20.8 Å². The average Bonchev–Trinajstić information content (AvgIpc) is 3.16. The van der Waals surface area contributed by atoms with Crippen molar-refractivity contribution >= 4 is 29.0 Å². The molecule has 0 aliphatic rings. The molecule has 0 saturated heterocycles. The molecule has 0 saturated carbocycles. The largest absolute Gasteiger partial charge is 0.497 e. The molecule has 0 atom stereocenters. The van der Waals surface area contributed by atoms with Crippen molar-refractivity contribution < 1.29 is 14.5 Å². The van der Waals surface area contributed by atoms with E-state index in [1.54, 1.807) is 38.3 Å². The number of thioether (sulfide) groups is 1. The minimum atomic E-state index is -0.479. The summed E-state index contributed by atoms with van der Waals surface area (Å²) in [5.41, 5.74) is 1.84. The van der Waals surface area contributed by atoms with Gasteiger partial charge in [0.2, 0.25) is 11.1 Å². The van der Waals surface area contributed by atoms with E-state index in [9.17, 15) is 14.9 Å². The molecule has 0 fully saturated rings. The van der Waals surface area contributed by atoms with Crippen molar-refractivity contribution in [3.63, 3.8) is 0 Å². The number of carbonyl (C=O) groups excluding carboxylic acids is 1. The number of carbonyl (C=O) groups is 1. The number of tetrazole rings is 1. The molecule has 10 nitrogen and oxygen atoms in total. The zero-order valence-corrected chi connectivity index (χ0v) is 15.8. The Morgan fingerprint density at radius 1 is 1.29 bits per heavy atom. The minimum Gasteiger partial charge on any atom is -0.497 e. The molecule has 3 rings (SSSR count). The number of anilines is 1. The Kier molecular flexibility index (Phi) is 5.84. The number of hydrogen-bond donors (Lipinski definition) is 1. The number of aromatic nitrogens is 4. The van der Waals surface area contributed by atoms with Gasteiger partial charge in [-0.15, -0.1) is 5.10 Å². The Morgan fingerprint density at radius 2 is 2.04 bits per heavy atom. The number of nitrogens with zero attached hydrogens (tertiary/aromatic N) is 5. The number of benzene rings is 2. The van der Waals surface area contributed by atoms with Crippen molar-refractivity contribution in [2.75, 3.05) is 18.2 Å². The van der Waals surface area contributed by atoms with Gasteiger partial charge in [0, 0.05) is 17.8 Å². The molecule has 3 aromatic rings. The van der Waals surface area contributed by atoms with Crippen LogP contribution in [0.2, 0.25) is 0 Å². The summed E-state index contributed by atoms with van der Waals surface area (Å²) >= 11 is 1.18. The molecule has 0 aliphatic heterocycles. The summed E-state index contributed by atoms with van der Waals surface area (Å²) in [6.07, 6.45) is 0. The summed E-state index contributed by atoms with van der Waals surface area (Å²) in [6.45, 7) is 1.69. The van der Waals surface area contributed by atoms with E-state index in [0.717, 1.165) is 5.69 Å². The first kappa shape index (κ1) is 19.3. The second kappa shape index (κ2) is 8.48. The van der Waals surface area contributed by atoms with Gasteiger partial charge in [-0.05, 0) is 53.2 Å². The fourth-order valence-corrected chi connectivity index (χ4v) is 3.06. The highest BCUT2D eigenvalue weighted by molar-refractivity contribution is 7.99. The number of methoxy groups -OCH3 is 1. The van der Waals surface area contributed by atoms with E-state index in [-0.39, 0.29) is 17.3 Å². The number of nitro benzene ring substituents is 1. The molecule has 1 heterocycles. The number of nitro groups is 1. The molecule has 28 heavy (non-hydrogen) atoms. The van der Waals surface area contributed by atoms with E-state index >= 15 is 0 Å². The first-order valence-corrected chi connectivity index (χ1v) is 9.07. The molecule has 0 unspecified atom stereocenters. The van der Waals surface area contributed by atoms with Crippen LogP contribution in [0.25, 0.3) is 5.69 Å². The zero-order valence-electron chi connectivity index (χ0n) is 15.0. The van der Waals surface area contributed by atoms with Crippen molar-refractivity contribution in [1.29, 1.82) is 0 Å². The lowest BCUT2D eigenvalue weighted by Crippen LogP contribution is -2.15. The van der Waals surface area contributed by atoms with Crippen molar-refractivity contribution in [3.8, 4) is 11.4 Å². The lowest BCUT2D eigenvalue weighted by atomic mass is 10.2. The van der Waals surface area contributed by atoms with Gasteiger partial charge in [0.25, 0.3) is 5.69 Å². The fourth-order valence-electron chi connectivity index (χ4n) is 2.37. The molecule has 1 aromatic heterocycles. The lowest BCUT2D eigenvalue weighted by molar-refractivity contribution is -0.384. The third kappa shape index (κ3) is 4.43. The standard InChI is InChI=1S/C17H16N6O4S/c1-11-9-13(23(25)26)5-8-15(11)18-16(24)10-28-17-19-20-21-22(17)12-3-6-14(27-2)7-4-12/h3-9H,10H2,1-2H3,(H,18,24). The SMILES string of the molecule is COc1ccc(-n2nnnc2SCC(=O)Nc2ccc([N+](=O)[O-])cc2C)cc1. The van der Waals surface area contributed by atoms with Crippen LogP contribution in [0, 0.1) is 17.0 Å². The van der Waals surface area contributed by atoms with Crippen molar-refractivity contribution in [2.24, 2.45) is 0 Å². The van der Waals surface area contributed by atoms with Gasteiger partial charge in [-0.25, -0.2) is 0 Å². The van der Waals surface area contributed by atoms with Gasteiger partial charge in [-0.2, -0.15) is 4.68 Å². The molecule has 0 bridgehead atoms. The van der Waals surface area contributed by atoms with Crippen LogP contribution in [-0.2, 0) is 4.79 Å². The van der Waals surface area contributed by atoms with Crippen LogP contribution in [0.1, 0.15) is 5.56 Å². The number of aryl methyl sites for hydroxylation is 1. The summed E-state index contributed by atoms with van der Waals surface area (Å²) < 4.78 is 6.65. The Morgan fingerprint density at radius 3 is 2.68 bits per heavy atom. The summed E-state index contributed by atoms with van der Waals surface area (Å²) in [6, 6.07) is 11.5. The summed E-state index contributed by atoms with van der Waals surface area (Å²) in [4.78, 5) is 22.6. The van der Waals surface area contributed by atoms with Gasteiger partial charge in [0.05, 0.1) is 23.5 Å². The van der Waals surface area contributed by atoms with Crippen LogP contribution in [0.15, 0.2) is 47.6 Å². The minimum absolute atomic E-state index is 0.0245. The van der Waals surface area contributed by atoms with E-state index in [0.29, 0.717) is 22.2 Å². The number of nitrogens with one attached hydrogen (secondary N) is 1. The topological polar surface area (TPSA) is 125 Å². The summed E-state index contributed by atoms with van der Waals surface area (Å²) in [7, 11) is 1.58. The monoisotopic (exact) mass is 400 g/mol. The van der Waals surface area contributed by atoms with Gasteiger partial charge in [0.15, 0.2) is 0 Å². The highest BCUT2D eigenvalue weighted by Crippen LogP contribution is 2.23. The third-order valence-corrected chi connectivity index (χ3v) is 4.70. The first-order valence-electron chi connectivity index (χ1n) is 8.08. The average molecular weight is 400 g/mol. The summed E-state index contributed by atoms with van der Waals surface area (Å²) in [5.74, 6) is 0.516. The van der Waals surface area contributed by atoms with Crippen LogP contribution in [-0.4, -0.2) is 43.9 Å².